The van der Waals surface area contributed by atoms with Gasteiger partial charge in [0.25, 0.3) is 16.0 Å². The average Bonchev–Trinajstić information content (AvgIpc) is 2.55. The average molecular weight is 351 g/mol. The molecule has 0 aliphatic heterocycles. The van der Waals surface area contributed by atoms with Gasteiger partial charge in [0.15, 0.2) is 0 Å². The minimum absolute atomic E-state index is 0. The molecular formula is C17H14NNaO4S. The number of rotatable bonds is 3. The Hall–Kier alpha value is -1.70. The van der Waals surface area contributed by atoms with E-state index in [4.69, 9.17) is 0 Å². The van der Waals surface area contributed by atoms with Gasteiger partial charge < -0.3 is 6.74 Å². The summed E-state index contributed by atoms with van der Waals surface area (Å²) in [6.45, 7) is 0. The van der Waals surface area contributed by atoms with Crippen LogP contribution in [-0.2, 0) is 10.1 Å². The van der Waals surface area contributed by atoms with Crippen LogP contribution in [0.15, 0.2) is 71.6 Å². The summed E-state index contributed by atoms with van der Waals surface area (Å²) in [5.41, 5.74) is 0.970. The van der Waals surface area contributed by atoms with Crippen molar-refractivity contribution in [3.8, 4) is 0 Å². The maximum Gasteiger partial charge on any atom is 1.00 e. The number of carbonyl (C=O) groups excluding carboxylic acids is 1. The van der Waals surface area contributed by atoms with Crippen LogP contribution in [0.2, 0.25) is 0 Å². The molecule has 3 aromatic carbocycles. The summed E-state index contributed by atoms with van der Waals surface area (Å²) in [6.07, 6.45) is 0. The molecule has 5 nitrogen and oxygen atoms in total. The molecule has 2 N–H and O–H groups in total. The van der Waals surface area contributed by atoms with E-state index in [2.05, 4.69) is 5.32 Å². The van der Waals surface area contributed by atoms with Gasteiger partial charge in [-0.15, -0.1) is 0 Å². The minimum atomic E-state index is -4.34. The predicted molar refractivity (Wildman–Crippen MR) is 89.3 cm³/mol. The zero-order valence-corrected chi connectivity index (χ0v) is 15.7. The van der Waals surface area contributed by atoms with Crippen molar-refractivity contribution in [1.29, 1.82) is 0 Å². The third-order valence-electron chi connectivity index (χ3n) is 3.45. The van der Waals surface area contributed by atoms with Crippen LogP contribution in [0.4, 0.5) is 5.69 Å². The Morgan fingerprint density at radius 2 is 1.46 bits per heavy atom. The summed E-state index contributed by atoms with van der Waals surface area (Å²) >= 11 is 0. The maximum absolute atomic E-state index is 12.3. The first kappa shape index (κ1) is 18.6. The second kappa shape index (κ2) is 7.46. The number of hydrogen-bond acceptors (Lipinski definition) is 3. The van der Waals surface area contributed by atoms with E-state index in [0.29, 0.717) is 22.0 Å². The molecule has 0 atom stereocenters. The van der Waals surface area contributed by atoms with Crippen molar-refractivity contribution in [3.63, 3.8) is 0 Å². The van der Waals surface area contributed by atoms with Gasteiger partial charge in [0.05, 0.1) is 0 Å². The monoisotopic (exact) mass is 351 g/mol. The Morgan fingerprint density at radius 3 is 2.08 bits per heavy atom. The molecule has 3 rings (SSSR count). The number of amides is 1. The molecule has 0 saturated heterocycles. The molecule has 24 heavy (non-hydrogen) atoms. The maximum atomic E-state index is 12.3. The van der Waals surface area contributed by atoms with Crippen LogP contribution < -0.4 is 34.9 Å². The number of hydrogen-bond donors (Lipinski definition) is 2. The summed E-state index contributed by atoms with van der Waals surface area (Å²) in [5.74, 6) is -0.296. The molecule has 0 fully saturated rings. The quantitative estimate of drug-likeness (QED) is 0.530. The van der Waals surface area contributed by atoms with E-state index in [1.54, 1.807) is 48.5 Å². The summed E-state index contributed by atoms with van der Waals surface area (Å²) in [5, 5.41) is 3.65. The van der Waals surface area contributed by atoms with Gasteiger partial charge >= 0.3 is 29.6 Å². The molecule has 0 spiro atoms. The van der Waals surface area contributed by atoms with Crippen LogP contribution in [-0.4, -0.2) is 18.9 Å². The van der Waals surface area contributed by atoms with Gasteiger partial charge in [-0.25, -0.2) is 0 Å². The van der Waals surface area contributed by atoms with Crippen molar-refractivity contribution < 1.29 is 48.7 Å². The molecule has 0 saturated carbocycles. The molecule has 3 aromatic rings. The van der Waals surface area contributed by atoms with Crippen LogP contribution >= 0.6 is 0 Å². The summed E-state index contributed by atoms with van der Waals surface area (Å²) < 4.78 is 32.3. The molecular weight excluding hydrogens is 337 g/mol. The molecule has 0 aromatic heterocycles. The Morgan fingerprint density at radius 1 is 0.875 bits per heavy atom. The SMILES string of the molecule is O=C(Nc1ccc(S(=O)(=O)O)c2ccccc12)c1ccccc1.[H-].[Na+]. The van der Waals surface area contributed by atoms with Crippen LogP contribution in [0.1, 0.15) is 11.8 Å². The van der Waals surface area contributed by atoms with Crippen molar-refractivity contribution in [3.05, 3.63) is 72.3 Å². The first-order chi connectivity index (χ1) is 11.0. The first-order valence-corrected chi connectivity index (χ1v) is 8.26. The second-order valence-corrected chi connectivity index (χ2v) is 6.34. The second-order valence-electron chi connectivity index (χ2n) is 4.95. The smallest absolute Gasteiger partial charge is 1.00 e. The fourth-order valence-corrected chi connectivity index (χ4v) is 3.09. The van der Waals surface area contributed by atoms with E-state index in [0.717, 1.165) is 0 Å². The van der Waals surface area contributed by atoms with Crippen molar-refractivity contribution in [2.45, 2.75) is 4.90 Å². The van der Waals surface area contributed by atoms with Gasteiger partial charge in [0.2, 0.25) is 0 Å². The summed E-state index contributed by atoms with van der Waals surface area (Å²) in [6, 6.07) is 18.1. The Kier molecular flexibility index (Phi) is 5.79. The molecule has 0 aliphatic rings. The number of fused-ring (bicyclic) bond motifs is 1. The molecule has 0 aliphatic carbocycles. The molecule has 0 radical (unpaired) electrons. The van der Waals surface area contributed by atoms with Gasteiger partial charge in [-0.05, 0) is 24.3 Å². The fraction of sp³-hybridized carbons (Fsp3) is 0. The van der Waals surface area contributed by atoms with Crippen LogP contribution in [0, 0.1) is 0 Å². The molecule has 0 heterocycles. The van der Waals surface area contributed by atoms with Gasteiger partial charge in [-0.1, -0.05) is 42.5 Å². The van der Waals surface area contributed by atoms with Crippen LogP contribution in [0.25, 0.3) is 10.8 Å². The summed E-state index contributed by atoms with van der Waals surface area (Å²) in [4.78, 5) is 12.1. The topological polar surface area (TPSA) is 83.5 Å². The number of carbonyl (C=O) groups is 1. The van der Waals surface area contributed by atoms with Gasteiger partial charge in [-0.2, -0.15) is 8.42 Å². The van der Waals surface area contributed by atoms with Gasteiger partial charge in [0.1, 0.15) is 4.90 Å². The fourth-order valence-electron chi connectivity index (χ4n) is 2.39. The van der Waals surface area contributed by atoms with E-state index in [-0.39, 0.29) is 41.8 Å². The van der Waals surface area contributed by atoms with Crippen molar-refractivity contribution in [2.75, 3.05) is 5.32 Å². The third kappa shape index (κ3) is 3.85. The van der Waals surface area contributed by atoms with Crippen molar-refractivity contribution in [2.24, 2.45) is 0 Å². The Labute approximate surface area is 163 Å². The van der Waals surface area contributed by atoms with Crippen molar-refractivity contribution >= 4 is 32.5 Å². The van der Waals surface area contributed by atoms with Gasteiger partial charge in [-0.3, -0.25) is 9.35 Å². The number of benzene rings is 3. The van der Waals surface area contributed by atoms with Gasteiger partial charge in [0, 0.05) is 22.0 Å². The third-order valence-corrected chi connectivity index (χ3v) is 4.36. The Balaban J connectivity index is 0.00000156. The zero-order valence-electron chi connectivity index (χ0n) is 13.9. The first-order valence-electron chi connectivity index (χ1n) is 6.82. The minimum Gasteiger partial charge on any atom is -1.00 e. The van der Waals surface area contributed by atoms with E-state index < -0.39 is 10.1 Å². The molecule has 1 amide bonds. The van der Waals surface area contributed by atoms with Crippen LogP contribution in [0.3, 0.4) is 0 Å². The largest absolute Gasteiger partial charge is 1.00 e. The van der Waals surface area contributed by atoms with E-state index in [9.17, 15) is 17.8 Å². The zero-order chi connectivity index (χ0) is 16.4. The molecule has 0 unspecified atom stereocenters. The molecule has 118 valence electrons. The van der Waals surface area contributed by atoms with E-state index in [1.807, 2.05) is 6.07 Å². The predicted octanol–water partition coefficient (Wildman–Crippen LogP) is 0.455. The molecule has 7 heteroatoms. The number of nitrogens with one attached hydrogen (secondary N) is 1. The van der Waals surface area contributed by atoms with E-state index in [1.165, 1.54) is 12.1 Å². The number of anilines is 1. The van der Waals surface area contributed by atoms with E-state index >= 15 is 0 Å². The molecule has 0 bridgehead atoms. The Bertz CT molecular complexity index is 994. The summed E-state index contributed by atoms with van der Waals surface area (Å²) in [7, 11) is -4.34. The normalized spacial score (nSPS) is 10.9. The standard InChI is InChI=1S/C17H13NO4S.Na.H/c19-17(12-6-2-1-3-7-12)18-15-10-11-16(23(20,21)22)14-9-5-4-8-13(14)15;;/h1-11H,(H,18,19)(H,20,21,22);;/q;+1;-1. The van der Waals surface area contributed by atoms with Crippen molar-refractivity contribution in [1.82, 2.24) is 0 Å². The van der Waals surface area contributed by atoms with Crippen LogP contribution in [0.5, 0.6) is 0 Å².